The highest BCUT2D eigenvalue weighted by Gasteiger charge is 2.17. The van der Waals surface area contributed by atoms with Crippen LogP contribution >= 0.6 is 0 Å². The molecule has 0 atom stereocenters. The number of ether oxygens (including phenoxy) is 1. The van der Waals surface area contributed by atoms with Gasteiger partial charge in [-0.1, -0.05) is 44.0 Å². The second-order valence-corrected chi connectivity index (χ2v) is 6.20. The maximum atomic E-state index is 12.9. The first-order chi connectivity index (χ1) is 12.7. The number of hydrogen-bond acceptors (Lipinski definition) is 5. The molecule has 0 spiro atoms. The molecule has 0 radical (unpaired) electrons. The summed E-state index contributed by atoms with van der Waals surface area (Å²) in [5.74, 6) is 0.271. The Morgan fingerprint density at radius 1 is 1.08 bits per heavy atom. The van der Waals surface area contributed by atoms with E-state index in [0.29, 0.717) is 10.9 Å². The predicted octanol–water partition coefficient (Wildman–Crippen LogP) is 5.05. The number of fused-ring (bicyclic) bond motifs is 1. The number of rotatable bonds is 7. The van der Waals surface area contributed by atoms with Gasteiger partial charge >= 0.3 is 0 Å². The van der Waals surface area contributed by atoms with Gasteiger partial charge in [0.1, 0.15) is 6.26 Å². The molecule has 0 saturated heterocycles. The van der Waals surface area contributed by atoms with Crippen molar-refractivity contribution in [3.63, 3.8) is 0 Å². The summed E-state index contributed by atoms with van der Waals surface area (Å²) in [6, 6.07) is 11.0. The minimum Gasteiger partial charge on any atom is -0.490 e. The molecule has 0 fully saturated rings. The van der Waals surface area contributed by atoms with Gasteiger partial charge in [0, 0.05) is 0 Å². The fourth-order valence-corrected chi connectivity index (χ4v) is 3.05. The molecular formula is C21H22O5. The average Bonchev–Trinajstić information content (AvgIpc) is 2.68. The van der Waals surface area contributed by atoms with Crippen molar-refractivity contribution in [2.75, 3.05) is 7.11 Å². The molecule has 2 aromatic carbocycles. The molecule has 3 rings (SSSR count). The summed E-state index contributed by atoms with van der Waals surface area (Å²) in [6.07, 6.45) is 6.05. The molecule has 0 bridgehead atoms. The molecule has 26 heavy (non-hydrogen) atoms. The smallest absolute Gasteiger partial charge is 0.210 e. The predicted molar refractivity (Wildman–Crippen MR) is 101 cm³/mol. The Hall–Kier alpha value is -2.79. The van der Waals surface area contributed by atoms with E-state index in [9.17, 15) is 4.79 Å². The zero-order chi connectivity index (χ0) is 18.5. The van der Waals surface area contributed by atoms with Crippen LogP contribution in [0.4, 0.5) is 0 Å². The quantitative estimate of drug-likeness (QED) is 0.365. The Kier molecular flexibility index (Phi) is 5.58. The summed E-state index contributed by atoms with van der Waals surface area (Å²) < 4.78 is 10.8. The van der Waals surface area contributed by atoms with Gasteiger partial charge in [0.2, 0.25) is 16.9 Å². The number of methoxy groups -OCH3 is 1. The van der Waals surface area contributed by atoms with Crippen molar-refractivity contribution in [3.8, 4) is 22.6 Å². The number of unbranched alkanes of at least 4 members (excludes halogenated alkanes) is 2. The van der Waals surface area contributed by atoms with Gasteiger partial charge in [-0.2, -0.15) is 0 Å². The first-order valence-corrected chi connectivity index (χ1v) is 8.72. The highest BCUT2D eigenvalue weighted by atomic mass is 17.1. The van der Waals surface area contributed by atoms with Crippen LogP contribution in [0.15, 0.2) is 51.9 Å². The summed E-state index contributed by atoms with van der Waals surface area (Å²) in [5.41, 5.74) is 2.63. The lowest BCUT2D eigenvalue weighted by atomic mass is 10.0. The maximum absolute atomic E-state index is 12.9. The molecular weight excluding hydrogens is 332 g/mol. The van der Waals surface area contributed by atoms with Crippen molar-refractivity contribution in [1.82, 2.24) is 0 Å². The Balaban J connectivity index is 1.98. The lowest BCUT2D eigenvalue weighted by Gasteiger charge is -2.09. The summed E-state index contributed by atoms with van der Waals surface area (Å²) >= 11 is 0. The Labute approximate surface area is 151 Å². The second kappa shape index (κ2) is 8.06. The van der Waals surface area contributed by atoms with Gasteiger partial charge in [0.05, 0.1) is 18.1 Å². The SMILES string of the molecule is CCCCCc1ccc(-c2coc3c(OC)c(OO)ccc3c2=O)cc1. The van der Waals surface area contributed by atoms with Gasteiger partial charge < -0.3 is 14.0 Å². The van der Waals surface area contributed by atoms with Crippen LogP contribution in [0.3, 0.4) is 0 Å². The first kappa shape index (κ1) is 18.0. The van der Waals surface area contributed by atoms with E-state index in [1.165, 1.54) is 44.3 Å². The van der Waals surface area contributed by atoms with Gasteiger partial charge in [-0.15, -0.1) is 0 Å². The molecule has 1 heterocycles. The highest BCUT2D eigenvalue weighted by Crippen LogP contribution is 2.35. The number of aryl methyl sites for hydroxylation is 1. The van der Waals surface area contributed by atoms with Crippen LogP contribution in [0, 0.1) is 0 Å². The highest BCUT2D eigenvalue weighted by molar-refractivity contribution is 5.88. The van der Waals surface area contributed by atoms with Crippen molar-refractivity contribution >= 4 is 11.0 Å². The summed E-state index contributed by atoms with van der Waals surface area (Å²) in [7, 11) is 1.42. The monoisotopic (exact) mass is 354 g/mol. The topological polar surface area (TPSA) is 68.9 Å². The van der Waals surface area contributed by atoms with Crippen LogP contribution in [-0.4, -0.2) is 12.4 Å². The van der Waals surface area contributed by atoms with Crippen molar-refractivity contribution in [3.05, 3.63) is 58.4 Å². The second-order valence-electron chi connectivity index (χ2n) is 6.20. The lowest BCUT2D eigenvalue weighted by molar-refractivity contribution is -0.138. The molecule has 0 aliphatic carbocycles. The summed E-state index contributed by atoms with van der Waals surface area (Å²) in [6.45, 7) is 2.19. The zero-order valence-corrected chi connectivity index (χ0v) is 15.0. The van der Waals surface area contributed by atoms with Crippen molar-refractivity contribution in [2.24, 2.45) is 0 Å². The van der Waals surface area contributed by atoms with Crippen molar-refractivity contribution in [1.29, 1.82) is 0 Å². The maximum Gasteiger partial charge on any atom is 0.210 e. The Morgan fingerprint density at radius 2 is 1.85 bits per heavy atom. The van der Waals surface area contributed by atoms with Crippen LogP contribution in [-0.2, 0) is 6.42 Å². The zero-order valence-electron chi connectivity index (χ0n) is 15.0. The molecule has 0 amide bonds. The molecule has 5 heteroatoms. The Morgan fingerprint density at radius 3 is 2.50 bits per heavy atom. The summed E-state index contributed by atoms with van der Waals surface area (Å²) in [4.78, 5) is 17.1. The van der Waals surface area contributed by atoms with E-state index < -0.39 is 0 Å². The molecule has 136 valence electrons. The van der Waals surface area contributed by atoms with Gasteiger partial charge in [-0.05, 0) is 36.1 Å². The minimum atomic E-state index is -0.159. The largest absolute Gasteiger partial charge is 0.490 e. The van der Waals surface area contributed by atoms with Gasteiger partial charge in [-0.3, -0.25) is 4.79 Å². The normalized spacial score (nSPS) is 10.9. The number of benzene rings is 2. The number of hydrogen-bond donors (Lipinski definition) is 1. The third kappa shape index (κ3) is 3.44. The minimum absolute atomic E-state index is 0.0901. The molecule has 1 aromatic heterocycles. The van der Waals surface area contributed by atoms with Crippen LogP contribution in [0.2, 0.25) is 0 Å². The molecule has 3 aromatic rings. The van der Waals surface area contributed by atoms with Crippen LogP contribution < -0.4 is 15.1 Å². The first-order valence-electron chi connectivity index (χ1n) is 8.72. The van der Waals surface area contributed by atoms with E-state index in [1.807, 2.05) is 12.1 Å². The lowest BCUT2D eigenvalue weighted by Crippen LogP contribution is -2.06. The van der Waals surface area contributed by atoms with E-state index in [1.54, 1.807) is 6.07 Å². The fourth-order valence-electron chi connectivity index (χ4n) is 3.05. The van der Waals surface area contributed by atoms with Gasteiger partial charge in [0.15, 0.2) is 5.58 Å². The average molecular weight is 354 g/mol. The fraction of sp³-hybridized carbons (Fsp3) is 0.286. The Bertz CT molecular complexity index is 941. The third-order valence-corrected chi connectivity index (χ3v) is 4.50. The standard InChI is InChI=1S/C21H22O5/c1-3-4-5-6-14-7-9-15(10-8-14)17-13-25-20-16(19(17)22)11-12-18(26-23)21(20)24-2/h7-13,23H,3-6H2,1-2H3. The van der Waals surface area contributed by atoms with Crippen LogP contribution in [0.5, 0.6) is 11.5 Å². The van der Waals surface area contributed by atoms with Gasteiger partial charge in [0.25, 0.3) is 0 Å². The molecule has 0 saturated carbocycles. The van der Waals surface area contributed by atoms with E-state index >= 15 is 0 Å². The van der Waals surface area contributed by atoms with E-state index in [-0.39, 0.29) is 22.5 Å². The van der Waals surface area contributed by atoms with Crippen molar-refractivity contribution < 1.29 is 19.3 Å². The van der Waals surface area contributed by atoms with E-state index in [0.717, 1.165) is 12.0 Å². The van der Waals surface area contributed by atoms with Crippen molar-refractivity contribution in [2.45, 2.75) is 32.6 Å². The summed E-state index contributed by atoms with van der Waals surface area (Å²) in [5, 5.41) is 9.28. The molecule has 0 aliphatic rings. The van der Waals surface area contributed by atoms with Gasteiger partial charge in [-0.25, -0.2) is 5.26 Å². The molecule has 1 N–H and O–H groups in total. The third-order valence-electron chi connectivity index (χ3n) is 4.50. The molecule has 0 aliphatic heterocycles. The molecule has 5 nitrogen and oxygen atoms in total. The van der Waals surface area contributed by atoms with Crippen LogP contribution in [0.1, 0.15) is 31.7 Å². The van der Waals surface area contributed by atoms with Crippen LogP contribution in [0.25, 0.3) is 22.1 Å². The molecule has 0 unspecified atom stereocenters. The van der Waals surface area contributed by atoms with E-state index in [4.69, 9.17) is 14.4 Å². The van der Waals surface area contributed by atoms with E-state index in [2.05, 4.69) is 23.9 Å².